The molecule has 0 aliphatic carbocycles. The van der Waals surface area contributed by atoms with Crippen LogP contribution in [0.3, 0.4) is 0 Å². The zero-order valence-electron chi connectivity index (χ0n) is 3.77. The molecule has 0 bridgehead atoms. The minimum atomic E-state index is 0.736. The molecule has 0 spiro atoms. The zero-order chi connectivity index (χ0) is 4.41. The van der Waals surface area contributed by atoms with E-state index in [1.807, 2.05) is 0 Å². The van der Waals surface area contributed by atoms with Crippen molar-refractivity contribution >= 4 is 5.71 Å². The summed E-state index contributed by atoms with van der Waals surface area (Å²) in [5, 5.41) is 0. The summed E-state index contributed by atoms with van der Waals surface area (Å²) in [5.41, 5.74) is 1.19. The number of hydrogen-bond donors (Lipinski definition) is 0. The Morgan fingerprint density at radius 2 is 2.67 bits per heavy atom. The molecule has 1 aliphatic rings. The molecule has 0 radical (unpaired) electrons. The largest absolute Gasteiger partial charge is 0.379 e. The first-order chi connectivity index (χ1) is 2.93. The van der Waals surface area contributed by atoms with Gasteiger partial charge in [-0.2, -0.15) is 0 Å². The monoisotopic (exact) mass is 85.1 g/mol. The fraction of sp³-hybridized carbons (Fsp3) is 0.750. The minimum Gasteiger partial charge on any atom is -0.379 e. The van der Waals surface area contributed by atoms with Crippen LogP contribution in [-0.2, 0) is 4.74 Å². The van der Waals surface area contributed by atoms with E-state index in [2.05, 4.69) is 4.99 Å². The summed E-state index contributed by atoms with van der Waals surface area (Å²) in [4.78, 5) is 3.88. The van der Waals surface area contributed by atoms with Gasteiger partial charge in [-0.3, -0.25) is 4.99 Å². The van der Waals surface area contributed by atoms with Crippen LogP contribution >= 0.6 is 0 Å². The van der Waals surface area contributed by atoms with Gasteiger partial charge in [0.15, 0.2) is 0 Å². The van der Waals surface area contributed by atoms with Gasteiger partial charge in [-0.05, 0) is 0 Å². The van der Waals surface area contributed by atoms with Crippen LogP contribution in [-0.4, -0.2) is 26.0 Å². The van der Waals surface area contributed by atoms with E-state index in [1.165, 1.54) is 5.71 Å². The first-order valence-corrected chi connectivity index (χ1v) is 1.94. The number of ether oxygens (including phenoxy) is 1. The van der Waals surface area contributed by atoms with Gasteiger partial charge in [0.05, 0.1) is 18.9 Å². The van der Waals surface area contributed by atoms with Crippen molar-refractivity contribution in [1.29, 1.82) is 0 Å². The van der Waals surface area contributed by atoms with E-state index in [0.29, 0.717) is 0 Å². The fourth-order valence-electron chi connectivity index (χ4n) is 0.314. The van der Waals surface area contributed by atoms with Crippen LogP contribution < -0.4 is 0 Å². The summed E-state index contributed by atoms with van der Waals surface area (Å²) in [6, 6.07) is 0. The van der Waals surface area contributed by atoms with Crippen LogP contribution in [0, 0.1) is 0 Å². The maximum atomic E-state index is 4.73. The molecule has 2 nitrogen and oxygen atoms in total. The molecule has 1 rings (SSSR count). The van der Waals surface area contributed by atoms with E-state index in [9.17, 15) is 0 Å². The highest BCUT2D eigenvalue weighted by atomic mass is 16.5. The Morgan fingerprint density at radius 3 is 2.83 bits per heavy atom. The Labute approximate surface area is 36.8 Å². The summed E-state index contributed by atoms with van der Waals surface area (Å²) < 4.78 is 4.73. The predicted octanol–water partition coefficient (Wildman–Crippen LogP) is 0.0874. The van der Waals surface area contributed by atoms with Gasteiger partial charge in [0.2, 0.25) is 0 Å². The van der Waals surface area contributed by atoms with E-state index >= 15 is 0 Å². The van der Waals surface area contributed by atoms with Crippen LogP contribution in [0.25, 0.3) is 0 Å². The van der Waals surface area contributed by atoms with Gasteiger partial charge in [0, 0.05) is 7.11 Å². The van der Waals surface area contributed by atoms with Gasteiger partial charge < -0.3 is 4.74 Å². The molecule has 1 aliphatic heterocycles. The molecule has 0 aromatic rings. The summed E-state index contributed by atoms with van der Waals surface area (Å²) in [6.45, 7) is 1.67. The predicted molar refractivity (Wildman–Crippen MR) is 24.2 cm³/mol. The van der Waals surface area contributed by atoms with Gasteiger partial charge >= 0.3 is 0 Å². The molecule has 1 heterocycles. The zero-order valence-corrected chi connectivity index (χ0v) is 3.77. The molecular weight excluding hydrogens is 78.0 g/mol. The summed E-state index contributed by atoms with van der Waals surface area (Å²) in [5.74, 6) is 0. The topological polar surface area (TPSA) is 21.6 Å². The van der Waals surface area contributed by atoms with Crippen molar-refractivity contribution in [2.75, 3.05) is 20.3 Å². The quantitative estimate of drug-likeness (QED) is 0.465. The molecule has 0 aromatic carbocycles. The average Bonchev–Trinajstić information content (AvgIpc) is 2.21. The molecule has 34 valence electrons. The molecule has 0 aromatic heterocycles. The van der Waals surface area contributed by atoms with Crippen LogP contribution in [0.1, 0.15) is 0 Å². The van der Waals surface area contributed by atoms with E-state index in [0.717, 1.165) is 13.2 Å². The minimum absolute atomic E-state index is 0.736. The third kappa shape index (κ3) is 0.792. The maximum Gasteiger partial charge on any atom is 0.0859 e. The second-order valence-corrected chi connectivity index (χ2v) is 1.32. The smallest absolute Gasteiger partial charge is 0.0859 e. The number of rotatable bonds is 2. The summed E-state index contributed by atoms with van der Waals surface area (Å²) in [6.07, 6.45) is 0. The van der Waals surface area contributed by atoms with E-state index in [-0.39, 0.29) is 0 Å². The highest BCUT2D eigenvalue weighted by Crippen LogP contribution is 1.94. The van der Waals surface area contributed by atoms with Gasteiger partial charge in [0.1, 0.15) is 0 Å². The molecule has 0 atom stereocenters. The molecule has 0 amide bonds. The first kappa shape index (κ1) is 3.81. The standard InChI is InChI=1S/C4H7NO/c1-6-3-4-2-5-4/h2-3H2,1H3. The highest BCUT2D eigenvalue weighted by molar-refractivity contribution is 5.97. The molecule has 2 heteroatoms. The van der Waals surface area contributed by atoms with Gasteiger partial charge in [0.25, 0.3) is 0 Å². The molecule has 0 N–H and O–H groups in total. The number of nitrogens with zero attached hydrogens (tertiary/aromatic N) is 1. The van der Waals surface area contributed by atoms with Gasteiger partial charge in [-0.1, -0.05) is 0 Å². The van der Waals surface area contributed by atoms with Crippen LogP contribution in [0.2, 0.25) is 0 Å². The fourth-order valence-corrected chi connectivity index (χ4v) is 0.314. The second kappa shape index (κ2) is 1.39. The Hall–Kier alpha value is -0.370. The van der Waals surface area contributed by atoms with Gasteiger partial charge in [-0.25, -0.2) is 0 Å². The van der Waals surface area contributed by atoms with Crippen molar-refractivity contribution in [3.63, 3.8) is 0 Å². The molecule has 0 fully saturated rings. The SMILES string of the molecule is COCC1=NC1. The van der Waals surface area contributed by atoms with Crippen LogP contribution in [0.4, 0.5) is 0 Å². The molecule has 0 saturated heterocycles. The van der Waals surface area contributed by atoms with Crippen molar-refractivity contribution in [2.24, 2.45) is 4.99 Å². The average molecular weight is 85.1 g/mol. The number of aliphatic imine (C=N–C) groups is 1. The van der Waals surface area contributed by atoms with Crippen LogP contribution in [0.5, 0.6) is 0 Å². The Kier molecular flexibility index (Phi) is 0.881. The van der Waals surface area contributed by atoms with E-state index < -0.39 is 0 Å². The van der Waals surface area contributed by atoms with Crippen molar-refractivity contribution in [3.8, 4) is 0 Å². The Balaban J connectivity index is 2.02. The summed E-state index contributed by atoms with van der Waals surface area (Å²) >= 11 is 0. The lowest BCUT2D eigenvalue weighted by Gasteiger charge is -1.81. The molecule has 0 unspecified atom stereocenters. The van der Waals surface area contributed by atoms with Gasteiger partial charge in [-0.15, -0.1) is 0 Å². The van der Waals surface area contributed by atoms with Crippen molar-refractivity contribution in [3.05, 3.63) is 0 Å². The Morgan fingerprint density at radius 1 is 2.00 bits per heavy atom. The highest BCUT2D eigenvalue weighted by Gasteiger charge is 2.06. The lowest BCUT2D eigenvalue weighted by molar-refractivity contribution is 0.247. The van der Waals surface area contributed by atoms with E-state index in [1.54, 1.807) is 7.11 Å². The second-order valence-electron chi connectivity index (χ2n) is 1.32. The van der Waals surface area contributed by atoms with E-state index in [4.69, 9.17) is 4.74 Å². The molecule has 0 saturated carbocycles. The lowest BCUT2D eigenvalue weighted by atomic mass is 10.5. The molecular formula is C4H7NO. The van der Waals surface area contributed by atoms with Crippen molar-refractivity contribution in [2.45, 2.75) is 0 Å². The number of methoxy groups -OCH3 is 1. The Bertz CT molecular complexity index is 77.6. The number of hydrogen-bond acceptors (Lipinski definition) is 2. The maximum absolute atomic E-state index is 4.73. The first-order valence-electron chi connectivity index (χ1n) is 1.94. The van der Waals surface area contributed by atoms with Crippen LogP contribution in [0.15, 0.2) is 4.99 Å². The third-order valence-electron chi connectivity index (χ3n) is 0.693. The van der Waals surface area contributed by atoms with Crippen molar-refractivity contribution in [1.82, 2.24) is 0 Å². The third-order valence-corrected chi connectivity index (χ3v) is 0.693. The lowest BCUT2D eigenvalue weighted by Crippen LogP contribution is -1.93. The summed E-state index contributed by atoms with van der Waals surface area (Å²) in [7, 11) is 1.68. The normalized spacial score (nSPS) is 17.2. The molecule has 6 heavy (non-hydrogen) atoms. The van der Waals surface area contributed by atoms with Crippen molar-refractivity contribution < 1.29 is 4.74 Å².